The average Bonchev–Trinajstić information content (AvgIpc) is 2.31. The number of rotatable bonds is 2. The quantitative estimate of drug-likeness (QED) is 0.589. The van der Waals surface area contributed by atoms with Crippen molar-refractivity contribution in [2.24, 2.45) is 0 Å². The van der Waals surface area contributed by atoms with Gasteiger partial charge in [0.25, 0.3) is 0 Å². The van der Waals surface area contributed by atoms with E-state index in [0.29, 0.717) is 32.0 Å². The lowest BCUT2D eigenvalue weighted by molar-refractivity contribution is 1.14. The summed E-state index contributed by atoms with van der Waals surface area (Å²) in [6, 6.07) is 8.37. The van der Waals surface area contributed by atoms with Crippen molar-refractivity contribution in [3.63, 3.8) is 0 Å². The predicted molar refractivity (Wildman–Crippen MR) is 84.4 cm³/mol. The summed E-state index contributed by atoms with van der Waals surface area (Å²) in [7, 11) is 0. The number of benzene rings is 2. The van der Waals surface area contributed by atoms with E-state index < -0.39 is 5.38 Å². The number of nitrogens with two attached hydrogens (primary N) is 2. The van der Waals surface area contributed by atoms with Crippen LogP contribution in [0.4, 0.5) is 11.4 Å². The van der Waals surface area contributed by atoms with Crippen LogP contribution < -0.4 is 11.5 Å². The molecular formula is C13H10Cl4N2. The predicted octanol–water partition coefficient (Wildman–Crippen LogP) is 5.14. The zero-order valence-corrected chi connectivity index (χ0v) is 12.7. The third kappa shape index (κ3) is 3.03. The maximum absolute atomic E-state index is 6.41. The first-order valence-corrected chi connectivity index (χ1v) is 6.90. The van der Waals surface area contributed by atoms with E-state index in [1.165, 1.54) is 0 Å². The lowest BCUT2D eigenvalue weighted by atomic mass is 10.0. The topological polar surface area (TPSA) is 52.0 Å². The lowest BCUT2D eigenvalue weighted by Gasteiger charge is -2.15. The van der Waals surface area contributed by atoms with Gasteiger partial charge in [0.2, 0.25) is 0 Å². The van der Waals surface area contributed by atoms with Gasteiger partial charge < -0.3 is 11.5 Å². The molecule has 2 nitrogen and oxygen atoms in total. The molecule has 0 fully saturated rings. The summed E-state index contributed by atoms with van der Waals surface area (Å²) in [5.74, 6) is 0. The zero-order chi connectivity index (χ0) is 14.2. The Kier molecular flexibility index (Phi) is 4.36. The van der Waals surface area contributed by atoms with E-state index in [-0.39, 0.29) is 0 Å². The molecule has 1 unspecified atom stereocenters. The van der Waals surface area contributed by atoms with E-state index >= 15 is 0 Å². The third-order valence-electron chi connectivity index (χ3n) is 2.67. The second kappa shape index (κ2) is 5.68. The molecule has 2 aromatic rings. The highest BCUT2D eigenvalue weighted by Crippen LogP contribution is 2.40. The molecule has 0 heterocycles. The van der Waals surface area contributed by atoms with Crippen LogP contribution in [0.25, 0.3) is 0 Å². The highest BCUT2D eigenvalue weighted by atomic mass is 35.5. The largest absolute Gasteiger partial charge is 0.399 e. The fourth-order valence-corrected chi connectivity index (χ4v) is 3.11. The molecule has 100 valence electrons. The Morgan fingerprint density at radius 3 is 1.95 bits per heavy atom. The zero-order valence-electron chi connectivity index (χ0n) is 9.63. The molecule has 4 N–H and O–H groups in total. The van der Waals surface area contributed by atoms with E-state index in [1.54, 1.807) is 30.3 Å². The molecule has 0 aromatic heterocycles. The minimum absolute atomic E-state index is 0.415. The van der Waals surface area contributed by atoms with Gasteiger partial charge in [-0.05, 0) is 29.8 Å². The first kappa shape index (κ1) is 14.6. The molecule has 0 saturated carbocycles. The van der Waals surface area contributed by atoms with Crippen LogP contribution in [0.15, 0.2) is 30.3 Å². The Balaban J connectivity index is 2.49. The summed E-state index contributed by atoms with van der Waals surface area (Å²) in [5, 5.41) is 0.737. The fraction of sp³-hybridized carbons (Fsp3) is 0.0769. The Morgan fingerprint density at radius 2 is 1.42 bits per heavy atom. The number of hydrogen-bond donors (Lipinski definition) is 2. The van der Waals surface area contributed by atoms with Crippen molar-refractivity contribution < 1.29 is 0 Å². The molecule has 0 radical (unpaired) electrons. The summed E-state index contributed by atoms with van der Waals surface area (Å²) in [4.78, 5) is 0. The van der Waals surface area contributed by atoms with Gasteiger partial charge in [-0.1, -0.05) is 40.9 Å². The molecule has 0 spiro atoms. The van der Waals surface area contributed by atoms with Gasteiger partial charge in [-0.2, -0.15) is 0 Å². The molecule has 0 aliphatic rings. The summed E-state index contributed by atoms with van der Waals surface area (Å²) in [5.41, 5.74) is 13.7. The molecule has 19 heavy (non-hydrogen) atoms. The molecule has 0 saturated heterocycles. The van der Waals surface area contributed by atoms with Crippen molar-refractivity contribution >= 4 is 57.8 Å². The monoisotopic (exact) mass is 334 g/mol. The van der Waals surface area contributed by atoms with Gasteiger partial charge in [0.1, 0.15) is 0 Å². The number of alkyl halides is 1. The van der Waals surface area contributed by atoms with Crippen LogP contribution in [-0.2, 0) is 0 Å². The summed E-state index contributed by atoms with van der Waals surface area (Å²) in [6.07, 6.45) is 0. The van der Waals surface area contributed by atoms with Gasteiger partial charge >= 0.3 is 0 Å². The fourth-order valence-electron chi connectivity index (χ4n) is 1.71. The molecule has 6 heteroatoms. The Bertz CT molecular complexity index is 605. The maximum atomic E-state index is 6.41. The highest BCUT2D eigenvalue weighted by molar-refractivity contribution is 6.38. The standard InChI is InChI=1S/C13H10Cl4N2/c14-8-3-6(1-2-11(8)19)13(17)12-9(15)4-7(18)5-10(12)16/h1-5,13H,18-19H2. The summed E-state index contributed by atoms with van der Waals surface area (Å²) >= 11 is 24.7. The van der Waals surface area contributed by atoms with Gasteiger partial charge in [0.05, 0.1) is 16.1 Å². The van der Waals surface area contributed by atoms with Crippen molar-refractivity contribution in [2.45, 2.75) is 5.38 Å². The smallest absolute Gasteiger partial charge is 0.0864 e. The molecule has 0 aliphatic heterocycles. The van der Waals surface area contributed by atoms with Crippen LogP contribution >= 0.6 is 46.4 Å². The van der Waals surface area contributed by atoms with Crippen molar-refractivity contribution in [2.75, 3.05) is 11.5 Å². The molecule has 2 aromatic carbocycles. The minimum Gasteiger partial charge on any atom is -0.399 e. The van der Waals surface area contributed by atoms with Gasteiger partial charge in [-0.3, -0.25) is 0 Å². The first-order chi connectivity index (χ1) is 8.90. The second-order valence-electron chi connectivity index (χ2n) is 4.04. The third-order valence-corrected chi connectivity index (χ3v) is 4.09. The summed E-state index contributed by atoms with van der Waals surface area (Å²) < 4.78 is 0. The molecule has 0 amide bonds. The average molecular weight is 336 g/mol. The van der Waals surface area contributed by atoms with Crippen molar-refractivity contribution in [3.05, 3.63) is 56.5 Å². The Morgan fingerprint density at radius 1 is 0.842 bits per heavy atom. The van der Waals surface area contributed by atoms with Gasteiger partial charge in [-0.25, -0.2) is 0 Å². The normalized spacial score (nSPS) is 12.4. The van der Waals surface area contributed by atoms with Crippen molar-refractivity contribution in [1.29, 1.82) is 0 Å². The van der Waals surface area contributed by atoms with Crippen molar-refractivity contribution in [1.82, 2.24) is 0 Å². The molecule has 1 atom stereocenters. The van der Waals surface area contributed by atoms with E-state index in [0.717, 1.165) is 5.56 Å². The van der Waals surface area contributed by atoms with Crippen LogP contribution in [0.3, 0.4) is 0 Å². The van der Waals surface area contributed by atoms with Gasteiger partial charge in [-0.15, -0.1) is 11.6 Å². The summed E-state index contributed by atoms with van der Waals surface area (Å²) in [6.45, 7) is 0. The Labute approximate surface area is 131 Å². The number of hydrogen-bond acceptors (Lipinski definition) is 2. The van der Waals surface area contributed by atoms with Crippen LogP contribution in [0.2, 0.25) is 15.1 Å². The van der Waals surface area contributed by atoms with Crippen molar-refractivity contribution in [3.8, 4) is 0 Å². The lowest BCUT2D eigenvalue weighted by Crippen LogP contribution is -1.98. The minimum atomic E-state index is -0.529. The van der Waals surface area contributed by atoms with Crippen LogP contribution in [0.5, 0.6) is 0 Å². The number of halogens is 4. The highest BCUT2D eigenvalue weighted by Gasteiger charge is 2.19. The Hall–Kier alpha value is -0.800. The van der Waals surface area contributed by atoms with E-state index in [2.05, 4.69) is 0 Å². The first-order valence-electron chi connectivity index (χ1n) is 5.33. The van der Waals surface area contributed by atoms with E-state index in [9.17, 15) is 0 Å². The van der Waals surface area contributed by atoms with E-state index in [4.69, 9.17) is 57.9 Å². The molecular weight excluding hydrogens is 326 g/mol. The maximum Gasteiger partial charge on any atom is 0.0864 e. The van der Waals surface area contributed by atoms with Crippen LogP contribution in [-0.4, -0.2) is 0 Å². The number of anilines is 2. The molecule has 2 rings (SSSR count). The number of nitrogen functional groups attached to an aromatic ring is 2. The second-order valence-corrected chi connectivity index (χ2v) is 5.70. The molecule has 0 aliphatic carbocycles. The molecule has 0 bridgehead atoms. The van der Waals surface area contributed by atoms with Gasteiger partial charge in [0, 0.05) is 21.3 Å². The van der Waals surface area contributed by atoms with E-state index in [1.807, 2.05) is 0 Å². The van der Waals surface area contributed by atoms with Crippen LogP contribution in [0, 0.1) is 0 Å². The SMILES string of the molecule is Nc1cc(Cl)c(C(Cl)c2ccc(N)c(Cl)c2)c(Cl)c1. The van der Waals surface area contributed by atoms with Crippen LogP contribution in [0.1, 0.15) is 16.5 Å². The van der Waals surface area contributed by atoms with Gasteiger partial charge in [0.15, 0.2) is 0 Å².